The van der Waals surface area contributed by atoms with E-state index in [1.165, 1.54) is 0 Å². The first kappa shape index (κ1) is 20.1. The van der Waals surface area contributed by atoms with Gasteiger partial charge >= 0.3 is 6.09 Å². The van der Waals surface area contributed by atoms with Crippen molar-refractivity contribution < 1.29 is 13.9 Å². The van der Waals surface area contributed by atoms with E-state index in [0.717, 1.165) is 30.1 Å². The zero-order chi connectivity index (χ0) is 21.3. The lowest BCUT2D eigenvalue weighted by molar-refractivity contribution is 0.0206. The predicted octanol–water partition coefficient (Wildman–Crippen LogP) is 3.74. The van der Waals surface area contributed by atoms with Gasteiger partial charge in [0.25, 0.3) is 0 Å². The molecule has 1 aliphatic rings. The maximum Gasteiger partial charge on any atom is 0.410 e. The molecule has 3 aromatic heterocycles. The number of amides is 1. The van der Waals surface area contributed by atoms with E-state index in [-0.39, 0.29) is 18.0 Å². The summed E-state index contributed by atoms with van der Waals surface area (Å²) in [4.78, 5) is 22.6. The highest BCUT2D eigenvalue weighted by atomic mass is 19.1. The Morgan fingerprint density at radius 1 is 1.30 bits per heavy atom. The number of hydrogen-bond acceptors (Lipinski definition) is 6. The fraction of sp³-hybridized carbons (Fsp3) is 0.429. The van der Waals surface area contributed by atoms with Crippen LogP contribution < -0.4 is 5.32 Å². The van der Waals surface area contributed by atoms with Gasteiger partial charge in [0.1, 0.15) is 5.60 Å². The number of likely N-dealkylation sites (tertiary alicyclic amines) is 1. The standard InChI is InChI=1S/C21H25FN6O2/c1-21(2,3)30-20(29)27-9-6-7-14(13-27)25-19-16(22)12-23-18(26-19)15-11-24-28-10-5-4-8-17(15)28/h4-5,8,10-12,14H,6-7,9,13H2,1-3H3,(H,23,25,26)/t14-/m1/s1. The molecule has 9 heteroatoms. The summed E-state index contributed by atoms with van der Waals surface area (Å²) in [5.74, 6) is -0.0316. The largest absolute Gasteiger partial charge is 0.444 e. The first-order valence-electron chi connectivity index (χ1n) is 10.00. The second-order valence-electron chi connectivity index (χ2n) is 8.39. The number of fused-ring (bicyclic) bond motifs is 1. The SMILES string of the molecule is CC(C)(C)OC(=O)N1CCC[C@@H](Nc2nc(-c3cnn4ccccc34)ncc2F)C1. The van der Waals surface area contributed by atoms with E-state index in [1.807, 2.05) is 45.2 Å². The van der Waals surface area contributed by atoms with Gasteiger partial charge in [0, 0.05) is 25.3 Å². The summed E-state index contributed by atoms with van der Waals surface area (Å²) in [6.07, 6.45) is 5.89. The van der Waals surface area contributed by atoms with Crippen LogP contribution in [0.5, 0.6) is 0 Å². The molecule has 30 heavy (non-hydrogen) atoms. The van der Waals surface area contributed by atoms with E-state index in [4.69, 9.17) is 4.74 Å². The van der Waals surface area contributed by atoms with Gasteiger partial charge in [-0.1, -0.05) is 6.07 Å². The number of halogens is 1. The van der Waals surface area contributed by atoms with Crippen molar-refractivity contribution in [3.05, 3.63) is 42.6 Å². The minimum absolute atomic E-state index is 0.117. The van der Waals surface area contributed by atoms with Gasteiger partial charge in [0.05, 0.1) is 23.5 Å². The third-order valence-electron chi connectivity index (χ3n) is 4.83. The van der Waals surface area contributed by atoms with E-state index in [1.54, 1.807) is 15.6 Å². The van der Waals surface area contributed by atoms with Crippen LogP contribution in [-0.2, 0) is 4.74 Å². The summed E-state index contributed by atoms with van der Waals surface area (Å²) in [7, 11) is 0. The number of rotatable bonds is 3. The fourth-order valence-electron chi connectivity index (χ4n) is 3.49. The predicted molar refractivity (Wildman–Crippen MR) is 111 cm³/mol. The molecule has 0 unspecified atom stereocenters. The van der Waals surface area contributed by atoms with Crippen LogP contribution in [0.25, 0.3) is 16.9 Å². The van der Waals surface area contributed by atoms with Crippen LogP contribution in [0.4, 0.5) is 15.0 Å². The molecule has 1 fully saturated rings. The lowest BCUT2D eigenvalue weighted by Gasteiger charge is -2.34. The average molecular weight is 412 g/mol. The number of carbonyl (C=O) groups excluding carboxylic acids is 1. The molecule has 1 saturated heterocycles. The van der Waals surface area contributed by atoms with Crippen molar-refractivity contribution in [2.24, 2.45) is 0 Å². The maximum atomic E-state index is 14.4. The molecule has 0 aliphatic carbocycles. The number of hydrogen-bond donors (Lipinski definition) is 1. The zero-order valence-corrected chi connectivity index (χ0v) is 17.3. The second-order valence-corrected chi connectivity index (χ2v) is 8.39. The molecule has 1 amide bonds. The van der Waals surface area contributed by atoms with E-state index in [9.17, 15) is 9.18 Å². The monoisotopic (exact) mass is 412 g/mol. The summed E-state index contributed by atoms with van der Waals surface area (Å²) >= 11 is 0. The van der Waals surface area contributed by atoms with Gasteiger partial charge in [-0.3, -0.25) is 0 Å². The lowest BCUT2D eigenvalue weighted by Crippen LogP contribution is -2.47. The smallest absolute Gasteiger partial charge is 0.410 e. The maximum absolute atomic E-state index is 14.4. The Kier molecular flexibility index (Phi) is 5.27. The van der Waals surface area contributed by atoms with Crippen LogP contribution in [0.15, 0.2) is 36.8 Å². The number of nitrogens with zero attached hydrogens (tertiary/aromatic N) is 5. The van der Waals surface area contributed by atoms with Crippen molar-refractivity contribution in [2.75, 3.05) is 18.4 Å². The van der Waals surface area contributed by atoms with E-state index in [2.05, 4.69) is 20.4 Å². The molecular weight excluding hydrogens is 387 g/mol. The number of anilines is 1. The molecule has 8 nitrogen and oxygen atoms in total. The van der Waals surface area contributed by atoms with Crippen LogP contribution >= 0.6 is 0 Å². The Morgan fingerprint density at radius 3 is 2.93 bits per heavy atom. The van der Waals surface area contributed by atoms with Crippen LogP contribution in [0.2, 0.25) is 0 Å². The highest BCUT2D eigenvalue weighted by Gasteiger charge is 2.28. The Morgan fingerprint density at radius 2 is 2.13 bits per heavy atom. The molecule has 1 N–H and O–H groups in total. The van der Waals surface area contributed by atoms with Gasteiger partial charge in [0.15, 0.2) is 17.5 Å². The van der Waals surface area contributed by atoms with Gasteiger partial charge in [-0.2, -0.15) is 5.10 Å². The third kappa shape index (κ3) is 4.34. The number of piperidine rings is 1. The van der Waals surface area contributed by atoms with Crippen LogP contribution in [0.3, 0.4) is 0 Å². The number of carbonyl (C=O) groups is 1. The molecule has 0 aromatic carbocycles. The second kappa shape index (κ2) is 7.89. The van der Waals surface area contributed by atoms with Crippen LogP contribution in [0.1, 0.15) is 33.6 Å². The number of nitrogens with one attached hydrogen (secondary N) is 1. The molecule has 0 radical (unpaired) electrons. The van der Waals surface area contributed by atoms with E-state index in [0.29, 0.717) is 18.9 Å². The topological polar surface area (TPSA) is 84.6 Å². The van der Waals surface area contributed by atoms with Gasteiger partial charge in [-0.15, -0.1) is 0 Å². The molecule has 3 aromatic rings. The van der Waals surface area contributed by atoms with Crippen molar-refractivity contribution in [3.8, 4) is 11.4 Å². The van der Waals surface area contributed by atoms with Gasteiger partial charge < -0.3 is 15.0 Å². The normalized spacial score (nSPS) is 17.2. The summed E-state index contributed by atoms with van der Waals surface area (Å²) in [5.41, 5.74) is 1.00. The van der Waals surface area contributed by atoms with Gasteiger partial charge in [-0.25, -0.2) is 23.7 Å². The average Bonchev–Trinajstić information content (AvgIpc) is 3.13. The van der Waals surface area contributed by atoms with Crippen molar-refractivity contribution in [1.82, 2.24) is 24.5 Å². The van der Waals surface area contributed by atoms with E-state index < -0.39 is 11.4 Å². The van der Waals surface area contributed by atoms with Crippen LogP contribution in [-0.4, -0.2) is 55.3 Å². The first-order valence-corrected chi connectivity index (χ1v) is 10.00. The van der Waals surface area contributed by atoms with Gasteiger partial charge in [0.2, 0.25) is 0 Å². The van der Waals surface area contributed by atoms with Crippen molar-refractivity contribution in [2.45, 2.75) is 45.3 Å². The number of aromatic nitrogens is 4. The molecule has 4 heterocycles. The molecule has 0 bridgehead atoms. The third-order valence-corrected chi connectivity index (χ3v) is 4.83. The highest BCUT2D eigenvalue weighted by molar-refractivity contribution is 5.76. The Labute approximate surface area is 174 Å². The summed E-state index contributed by atoms with van der Waals surface area (Å²) in [6.45, 7) is 6.55. The molecule has 0 spiro atoms. The van der Waals surface area contributed by atoms with Crippen molar-refractivity contribution in [1.29, 1.82) is 0 Å². The van der Waals surface area contributed by atoms with Crippen molar-refractivity contribution >= 4 is 17.4 Å². The minimum Gasteiger partial charge on any atom is -0.444 e. The molecule has 1 aliphatic heterocycles. The summed E-state index contributed by atoms with van der Waals surface area (Å²) in [6, 6.07) is 5.55. The first-order chi connectivity index (χ1) is 14.3. The molecular formula is C21H25FN6O2. The molecule has 158 valence electrons. The zero-order valence-electron chi connectivity index (χ0n) is 17.3. The summed E-state index contributed by atoms with van der Waals surface area (Å²) < 4.78 is 21.6. The van der Waals surface area contributed by atoms with Gasteiger partial charge in [-0.05, 0) is 45.7 Å². The Hall–Kier alpha value is -3.23. The minimum atomic E-state index is -0.556. The number of ether oxygens (including phenoxy) is 1. The highest BCUT2D eigenvalue weighted by Crippen LogP contribution is 2.24. The lowest BCUT2D eigenvalue weighted by atomic mass is 10.1. The van der Waals surface area contributed by atoms with Crippen LogP contribution in [0, 0.1) is 5.82 Å². The Bertz CT molecular complexity index is 1060. The van der Waals surface area contributed by atoms with E-state index >= 15 is 0 Å². The fourth-order valence-corrected chi connectivity index (χ4v) is 3.49. The molecule has 1 atom stereocenters. The Balaban J connectivity index is 1.52. The quantitative estimate of drug-likeness (QED) is 0.705. The summed E-state index contributed by atoms with van der Waals surface area (Å²) in [5, 5.41) is 7.43. The van der Waals surface area contributed by atoms with Crippen molar-refractivity contribution in [3.63, 3.8) is 0 Å². The number of pyridine rings is 1. The molecule has 0 saturated carbocycles. The molecule has 4 rings (SSSR count).